The summed E-state index contributed by atoms with van der Waals surface area (Å²) < 4.78 is 1.39. The van der Waals surface area contributed by atoms with E-state index >= 15 is 0 Å². The fraction of sp³-hybridized carbons (Fsp3) is 0. The first kappa shape index (κ1) is 5.81. The van der Waals surface area contributed by atoms with Crippen molar-refractivity contribution < 1.29 is 4.92 Å². The van der Waals surface area contributed by atoms with E-state index in [9.17, 15) is 10.1 Å². The van der Waals surface area contributed by atoms with Gasteiger partial charge in [-0.25, -0.2) is 0 Å². The van der Waals surface area contributed by atoms with Gasteiger partial charge in [-0.15, -0.1) is 0 Å². The van der Waals surface area contributed by atoms with Crippen LogP contribution in [0.15, 0.2) is 18.5 Å². The highest BCUT2D eigenvalue weighted by Gasteiger charge is 2.03. The summed E-state index contributed by atoms with van der Waals surface area (Å²) in [6.45, 7) is 0. The Morgan fingerprint density at radius 3 is 2.67 bits per heavy atom. The Kier molecular flexibility index (Phi) is 1.22. The number of rotatable bonds is 1. The molecule has 0 unspecified atom stereocenters. The van der Waals surface area contributed by atoms with Crippen molar-refractivity contribution in [2.75, 3.05) is 0 Å². The molecule has 0 saturated carbocycles. The van der Waals surface area contributed by atoms with Gasteiger partial charge in [0.05, 0.1) is 11.1 Å². The van der Waals surface area contributed by atoms with Crippen molar-refractivity contribution in [2.24, 2.45) is 0 Å². The molecule has 1 heterocycles. The van der Waals surface area contributed by atoms with Crippen LogP contribution in [0.2, 0.25) is 0 Å². The van der Waals surface area contributed by atoms with Crippen molar-refractivity contribution in [3.8, 4) is 0 Å². The van der Waals surface area contributed by atoms with E-state index in [1.807, 2.05) is 0 Å². The maximum absolute atomic E-state index is 9.98. The Hall–Kier alpha value is -1.32. The van der Waals surface area contributed by atoms with Gasteiger partial charge in [-0.2, -0.15) is 0 Å². The molecule has 1 radical (unpaired) electrons. The predicted molar refractivity (Wildman–Crippen MR) is 31.8 cm³/mol. The van der Waals surface area contributed by atoms with Gasteiger partial charge in [-0.3, -0.25) is 10.1 Å². The average Bonchev–Trinajstić information content (AvgIpc) is 2.14. The van der Waals surface area contributed by atoms with E-state index in [2.05, 4.69) is 7.05 Å². The van der Waals surface area contributed by atoms with E-state index in [4.69, 9.17) is 0 Å². The highest BCUT2D eigenvalue weighted by atomic mass is 16.6. The van der Waals surface area contributed by atoms with E-state index in [-0.39, 0.29) is 5.69 Å². The third kappa shape index (κ3) is 1.07. The van der Waals surface area contributed by atoms with Gasteiger partial charge >= 0.3 is 0 Å². The molecule has 0 atom stereocenters. The first-order valence-electron chi connectivity index (χ1n) is 2.33. The Morgan fingerprint density at radius 2 is 2.44 bits per heavy atom. The lowest BCUT2D eigenvalue weighted by molar-refractivity contribution is -0.384. The van der Waals surface area contributed by atoms with E-state index < -0.39 is 4.92 Å². The maximum Gasteiger partial charge on any atom is 0.286 e. The Morgan fingerprint density at radius 1 is 1.78 bits per heavy atom. The lowest BCUT2D eigenvalue weighted by Gasteiger charge is -1.81. The molecule has 9 heavy (non-hydrogen) atoms. The molecule has 47 valence electrons. The van der Waals surface area contributed by atoms with Crippen LogP contribution in [0, 0.1) is 17.2 Å². The molecule has 0 spiro atoms. The van der Waals surface area contributed by atoms with E-state index in [1.54, 1.807) is 0 Å². The number of nitro groups is 1. The summed E-state index contributed by atoms with van der Waals surface area (Å²) in [6, 6.07) is 1.40. The third-order valence-corrected chi connectivity index (χ3v) is 0.946. The molecule has 1 rings (SSSR count). The second-order valence-corrected chi connectivity index (χ2v) is 1.64. The molecule has 0 saturated heterocycles. The average molecular weight is 125 g/mol. The van der Waals surface area contributed by atoms with E-state index in [0.717, 1.165) is 0 Å². The van der Waals surface area contributed by atoms with Crippen LogP contribution >= 0.6 is 0 Å². The zero-order valence-electron chi connectivity index (χ0n) is 4.65. The van der Waals surface area contributed by atoms with Crippen molar-refractivity contribution in [1.82, 2.24) is 4.57 Å². The van der Waals surface area contributed by atoms with Crippen LogP contribution in [0.5, 0.6) is 0 Å². The monoisotopic (exact) mass is 125 g/mol. The Bertz CT molecular complexity index is 229. The molecule has 0 amide bonds. The maximum atomic E-state index is 9.98. The molecule has 0 aliphatic heterocycles. The minimum atomic E-state index is -0.457. The van der Waals surface area contributed by atoms with Gasteiger partial charge in [-0.05, 0) is 0 Å². The summed E-state index contributed by atoms with van der Waals surface area (Å²) in [5.41, 5.74) is 0.0741. The topological polar surface area (TPSA) is 48.1 Å². The summed E-state index contributed by atoms with van der Waals surface area (Å²) in [6.07, 6.45) is 2.87. The van der Waals surface area contributed by atoms with Gasteiger partial charge in [-0.1, -0.05) is 0 Å². The van der Waals surface area contributed by atoms with Crippen LogP contribution in [0.25, 0.3) is 0 Å². The van der Waals surface area contributed by atoms with Crippen molar-refractivity contribution >= 4 is 5.69 Å². The minimum Gasteiger partial charge on any atom is -0.346 e. The van der Waals surface area contributed by atoms with Gasteiger partial charge in [0.25, 0.3) is 5.69 Å². The molecule has 0 aromatic carbocycles. The number of hydrogen-bond donors (Lipinski definition) is 0. The van der Waals surface area contributed by atoms with Gasteiger partial charge < -0.3 is 4.57 Å². The smallest absolute Gasteiger partial charge is 0.286 e. The van der Waals surface area contributed by atoms with Crippen LogP contribution in [0.3, 0.4) is 0 Å². The fourth-order valence-corrected chi connectivity index (χ4v) is 0.536. The lowest BCUT2D eigenvalue weighted by Crippen LogP contribution is -1.83. The summed E-state index contributed by atoms with van der Waals surface area (Å²) >= 11 is 0. The molecule has 0 N–H and O–H groups in total. The molecule has 0 fully saturated rings. The zero-order valence-corrected chi connectivity index (χ0v) is 4.65. The third-order valence-electron chi connectivity index (χ3n) is 0.946. The second kappa shape index (κ2) is 1.89. The molecule has 1 aromatic rings. The molecule has 4 heteroatoms. The lowest BCUT2D eigenvalue weighted by atomic mass is 10.6. The van der Waals surface area contributed by atoms with Crippen LogP contribution < -0.4 is 0 Å². The highest BCUT2D eigenvalue weighted by molar-refractivity contribution is 5.25. The summed E-state index contributed by atoms with van der Waals surface area (Å²) in [4.78, 5) is 9.52. The van der Waals surface area contributed by atoms with Gasteiger partial charge in [0.1, 0.15) is 0 Å². The molecule has 0 aliphatic rings. The van der Waals surface area contributed by atoms with Gasteiger partial charge in [0.2, 0.25) is 0 Å². The summed E-state index contributed by atoms with van der Waals surface area (Å²) in [5, 5.41) is 9.98. The molecule has 0 aliphatic carbocycles. The minimum absolute atomic E-state index is 0.0741. The number of nitrogens with zero attached hydrogens (tertiary/aromatic N) is 2. The SMILES string of the molecule is [CH2]n1ccc([N+](=O)[O-])c1. The van der Waals surface area contributed by atoms with Crippen LogP contribution in [-0.2, 0) is 0 Å². The molecule has 1 aromatic heterocycles. The normalized spacial score (nSPS) is 9.44. The largest absolute Gasteiger partial charge is 0.346 e. The highest BCUT2D eigenvalue weighted by Crippen LogP contribution is 2.08. The van der Waals surface area contributed by atoms with Gasteiger partial charge in [0.15, 0.2) is 0 Å². The summed E-state index contributed by atoms with van der Waals surface area (Å²) in [5.74, 6) is 0. The van der Waals surface area contributed by atoms with Crippen LogP contribution in [0.4, 0.5) is 5.69 Å². The van der Waals surface area contributed by atoms with Crippen molar-refractivity contribution in [3.63, 3.8) is 0 Å². The molecule has 4 nitrogen and oxygen atoms in total. The number of aromatic nitrogens is 1. The standard InChI is InChI=1S/C5H5N2O2/c1-6-3-2-5(4-6)7(8)9/h2-4H,1H2. The van der Waals surface area contributed by atoms with Crippen LogP contribution in [0.1, 0.15) is 0 Å². The first-order valence-corrected chi connectivity index (χ1v) is 2.33. The molecule has 0 bridgehead atoms. The Labute approximate surface area is 51.9 Å². The van der Waals surface area contributed by atoms with E-state index in [0.29, 0.717) is 0 Å². The fourth-order valence-electron chi connectivity index (χ4n) is 0.536. The first-order chi connectivity index (χ1) is 4.20. The van der Waals surface area contributed by atoms with Crippen molar-refractivity contribution in [3.05, 3.63) is 35.6 Å². The van der Waals surface area contributed by atoms with Gasteiger partial charge in [0, 0.05) is 19.3 Å². The quantitative estimate of drug-likeness (QED) is 0.415. The molecular formula is C5H5N2O2. The van der Waals surface area contributed by atoms with Crippen LogP contribution in [-0.4, -0.2) is 9.49 Å². The zero-order chi connectivity index (χ0) is 6.85. The predicted octanol–water partition coefficient (Wildman–Crippen LogP) is 1.04. The number of hydrogen-bond acceptors (Lipinski definition) is 2. The van der Waals surface area contributed by atoms with Crippen molar-refractivity contribution in [2.45, 2.75) is 0 Å². The van der Waals surface area contributed by atoms with E-state index in [1.165, 1.54) is 23.0 Å². The Balaban J connectivity index is 2.98. The second-order valence-electron chi connectivity index (χ2n) is 1.64. The molecular weight excluding hydrogens is 120 g/mol. The summed E-state index contributed by atoms with van der Waals surface area (Å²) in [7, 11) is 3.44. The van der Waals surface area contributed by atoms with Crippen molar-refractivity contribution in [1.29, 1.82) is 0 Å².